The molecule has 0 aromatic carbocycles. The Morgan fingerprint density at radius 1 is 1.44 bits per heavy atom. The average molecular weight is 246 g/mol. The minimum absolute atomic E-state index is 0.334. The third kappa shape index (κ3) is 2.41. The highest BCUT2D eigenvalue weighted by atomic mass is 19.1. The highest BCUT2D eigenvalue weighted by molar-refractivity contribution is 5.61. The Bertz CT molecular complexity index is 560. The molecule has 0 unspecified atom stereocenters. The lowest BCUT2D eigenvalue weighted by Gasteiger charge is -2.03. The first kappa shape index (κ1) is 11.3. The molecule has 0 amide bonds. The van der Waals surface area contributed by atoms with Crippen LogP contribution in [0.2, 0.25) is 0 Å². The molecule has 18 heavy (non-hydrogen) atoms. The molecule has 0 atom stereocenters. The summed E-state index contributed by atoms with van der Waals surface area (Å²) in [6, 6.07) is 2.11. The zero-order valence-corrected chi connectivity index (χ0v) is 10.2. The molecule has 5 heteroatoms. The number of nitrogens with zero attached hydrogens (tertiary/aromatic N) is 3. The van der Waals surface area contributed by atoms with Crippen molar-refractivity contribution in [2.75, 3.05) is 0 Å². The van der Waals surface area contributed by atoms with Crippen LogP contribution in [-0.2, 0) is 13.6 Å². The average Bonchev–Trinajstić information content (AvgIpc) is 3.10. The molecule has 4 nitrogen and oxygen atoms in total. The summed E-state index contributed by atoms with van der Waals surface area (Å²) in [5, 5.41) is 7.83. The predicted octanol–water partition coefficient (Wildman–Crippen LogP) is 1.87. The molecule has 1 fully saturated rings. The number of nitrogens with one attached hydrogen (secondary N) is 1. The fourth-order valence-electron chi connectivity index (χ4n) is 1.99. The molecule has 0 radical (unpaired) electrons. The number of hydrogen-bond donors (Lipinski definition) is 1. The highest BCUT2D eigenvalue weighted by Gasteiger charge is 2.21. The standard InChI is InChI=1S/C13H15FN4/c1-18-8-10(6-16-12-2-3-12)13(17-18)9-4-11(14)7-15-5-9/h4-5,7-8,12,16H,2-3,6H2,1H3. The van der Waals surface area contributed by atoms with Gasteiger partial charge in [0.1, 0.15) is 5.82 Å². The maximum atomic E-state index is 13.2. The highest BCUT2D eigenvalue weighted by Crippen LogP contribution is 2.24. The summed E-state index contributed by atoms with van der Waals surface area (Å²) in [6.45, 7) is 0.768. The van der Waals surface area contributed by atoms with Gasteiger partial charge in [-0.1, -0.05) is 0 Å². The van der Waals surface area contributed by atoms with E-state index in [4.69, 9.17) is 0 Å². The Balaban J connectivity index is 1.89. The topological polar surface area (TPSA) is 42.7 Å². The summed E-state index contributed by atoms with van der Waals surface area (Å²) in [6.07, 6.45) is 7.31. The van der Waals surface area contributed by atoms with Gasteiger partial charge in [0.2, 0.25) is 0 Å². The van der Waals surface area contributed by atoms with E-state index < -0.39 is 0 Å². The van der Waals surface area contributed by atoms with Gasteiger partial charge in [-0.3, -0.25) is 9.67 Å². The molecule has 0 bridgehead atoms. The molecule has 1 aliphatic carbocycles. The van der Waals surface area contributed by atoms with Crippen molar-refractivity contribution in [3.8, 4) is 11.3 Å². The molecule has 0 saturated heterocycles. The zero-order valence-electron chi connectivity index (χ0n) is 10.2. The number of halogens is 1. The van der Waals surface area contributed by atoms with Crippen molar-refractivity contribution in [1.82, 2.24) is 20.1 Å². The van der Waals surface area contributed by atoms with Crippen molar-refractivity contribution in [3.05, 3.63) is 36.0 Å². The SMILES string of the molecule is Cn1cc(CNC2CC2)c(-c2cncc(F)c2)n1. The van der Waals surface area contributed by atoms with Crippen LogP contribution in [0.25, 0.3) is 11.3 Å². The molecule has 1 aliphatic rings. The van der Waals surface area contributed by atoms with Crippen molar-refractivity contribution < 1.29 is 4.39 Å². The van der Waals surface area contributed by atoms with Gasteiger partial charge in [-0.25, -0.2) is 4.39 Å². The number of hydrogen-bond acceptors (Lipinski definition) is 3. The van der Waals surface area contributed by atoms with Gasteiger partial charge in [0.05, 0.1) is 11.9 Å². The maximum absolute atomic E-state index is 13.2. The van der Waals surface area contributed by atoms with E-state index in [1.807, 2.05) is 13.2 Å². The Labute approximate surface area is 105 Å². The van der Waals surface area contributed by atoms with Gasteiger partial charge in [0, 0.05) is 43.2 Å². The summed E-state index contributed by atoms with van der Waals surface area (Å²) >= 11 is 0. The molecular weight excluding hydrogens is 231 g/mol. The van der Waals surface area contributed by atoms with E-state index in [2.05, 4.69) is 15.4 Å². The quantitative estimate of drug-likeness (QED) is 0.895. The number of aryl methyl sites for hydroxylation is 1. The van der Waals surface area contributed by atoms with Crippen LogP contribution < -0.4 is 5.32 Å². The fraction of sp³-hybridized carbons (Fsp3) is 0.385. The number of aromatic nitrogens is 3. The zero-order chi connectivity index (χ0) is 12.5. The van der Waals surface area contributed by atoms with E-state index in [9.17, 15) is 4.39 Å². The molecule has 1 saturated carbocycles. The second-order valence-electron chi connectivity index (χ2n) is 4.72. The van der Waals surface area contributed by atoms with Crippen LogP contribution in [0.4, 0.5) is 4.39 Å². The summed E-state index contributed by atoms with van der Waals surface area (Å²) in [5.41, 5.74) is 2.61. The maximum Gasteiger partial charge on any atom is 0.142 e. The molecule has 3 rings (SSSR count). The van der Waals surface area contributed by atoms with Gasteiger partial charge in [0.25, 0.3) is 0 Å². The number of pyridine rings is 1. The van der Waals surface area contributed by atoms with E-state index in [0.717, 1.165) is 23.4 Å². The molecule has 0 spiro atoms. The van der Waals surface area contributed by atoms with E-state index >= 15 is 0 Å². The van der Waals surface area contributed by atoms with Gasteiger partial charge in [-0.2, -0.15) is 5.10 Å². The Kier molecular flexibility index (Phi) is 2.83. The second kappa shape index (κ2) is 4.49. The predicted molar refractivity (Wildman–Crippen MR) is 66.3 cm³/mol. The van der Waals surface area contributed by atoms with Crippen molar-refractivity contribution in [3.63, 3.8) is 0 Å². The lowest BCUT2D eigenvalue weighted by Crippen LogP contribution is -2.15. The molecule has 94 valence electrons. The van der Waals surface area contributed by atoms with Crippen molar-refractivity contribution in [1.29, 1.82) is 0 Å². The summed E-state index contributed by atoms with van der Waals surface area (Å²) in [4.78, 5) is 3.87. The Morgan fingerprint density at radius 3 is 3.00 bits per heavy atom. The van der Waals surface area contributed by atoms with Crippen molar-refractivity contribution in [2.24, 2.45) is 7.05 Å². The minimum Gasteiger partial charge on any atom is -0.310 e. The van der Waals surface area contributed by atoms with Crippen LogP contribution in [0.1, 0.15) is 18.4 Å². The van der Waals surface area contributed by atoms with Crippen LogP contribution in [-0.4, -0.2) is 20.8 Å². The van der Waals surface area contributed by atoms with E-state index in [-0.39, 0.29) is 5.82 Å². The van der Waals surface area contributed by atoms with Crippen LogP contribution in [0.5, 0.6) is 0 Å². The van der Waals surface area contributed by atoms with Gasteiger partial charge < -0.3 is 5.32 Å². The van der Waals surface area contributed by atoms with Gasteiger partial charge in [0.15, 0.2) is 0 Å². The van der Waals surface area contributed by atoms with Crippen LogP contribution >= 0.6 is 0 Å². The first-order valence-corrected chi connectivity index (χ1v) is 6.09. The van der Waals surface area contributed by atoms with E-state index in [0.29, 0.717) is 6.04 Å². The molecule has 2 aromatic heterocycles. The van der Waals surface area contributed by atoms with Crippen LogP contribution in [0.3, 0.4) is 0 Å². The van der Waals surface area contributed by atoms with Gasteiger partial charge in [-0.15, -0.1) is 0 Å². The molecule has 0 aliphatic heterocycles. The van der Waals surface area contributed by atoms with Crippen molar-refractivity contribution in [2.45, 2.75) is 25.4 Å². The normalized spacial score (nSPS) is 15.0. The van der Waals surface area contributed by atoms with Gasteiger partial charge >= 0.3 is 0 Å². The third-order valence-electron chi connectivity index (χ3n) is 3.04. The van der Waals surface area contributed by atoms with Gasteiger partial charge in [-0.05, 0) is 18.9 Å². The first-order chi connectivity index (χ1) is 8.72. The molecule has 2 aromatic rings. The minimum atomic E-state index is -0.334. The summed E-state index contributed by atoms with van der Waals surface area (Å²) in [7, 11) is 1.87. The monoisotopic (exact) mass is 246 g/mol. The summed E-state index contributed by atoms with van der Waals surface area (Å²) < 4.78 is 15.0. The fourth-order valence-corrected chi connectivity index (χ4v) is 1.99. The second-order valence-corrected chi connectivity index (χ2v) is 4.72. The first-order valence-electron chi connectivity index (χ1n) is 6.09. The molecule has 1 N–H and O–H groups in total. The Hall–Kier alpha value is -1.75. The molecule has 2 heterocycles. The summed E-state index contributed by atoms with van der Waals surface area (Å²) in [5.74, 6) is -0.334. The molecular formula is C13H15FN4. The third-order valence-corrected chi connectivity index (χ3v) is 3.04. The lowest BCUT2D eigenvalue weighted by atomic mass is 10.1. The van der Waals surface area contributed by atoms with E-state index in [1.165, 1.54) is 25.1 Å². The smallest absolute Gasteiger partial charge is 0.142 e. The Morgan fingerprint density at radius 2 is 2.28 bits per heavy atom. The largest absolute Gasteiger partial charge is 0.310 e. The van der Waals surface area contributed by atoms with E-state index in [1.54, 1.807) is 10.9 Å². The van der Waals surface area contributed by atoms with Crippen molar-refractivity contribution >= 4 is 0 Å². The van der Waals surface area contributed by atoms with Crippen LogP contribution in [0, 0.1) is 5.82 Å². The number of rotatable bonds is 4. The van der Waals surface area contributed by atoms with Crippen LogP contribution in [0.15, 0.2) is 24.7 Å². The lowest BCUT2D eigenvalue weighted by molar-refractivity contribution is 0.621.